The van der Waals surface area contributed by atoms with Crippen LogP contribution in [0.2, 0.25) is 10.0 Å². The van der Waals surface area contributed by atoms with Gasteiger partial charge in [0.05, 0.1) is 5.69 Å². The first kappa shape index (κ1) is 16.4. The number of aryl methyl sites for hydroxylation is 1. The quantitative estimate of drug-likeness (QED) is 0.930. The number of carbonyl (C=O) groups is 1. The van der Waals surface area contributed by atoms with E-state index < -0.39 is 5.91 Å². The second kappa shape index (κ2) is 6.85. The number of halogens is 2. The molecule has 0 aliphatic carbocycles. The van der Waals surface area contributed by atoms with E-state index in [1.807, 2.05) is 0 Å². The molecule has 1 aromatic heterocycles. The number of pyridine rings is 1. The predicted octanol–water partition coefficient (Wildman–Crippen LogP) is 3.02. The lowest BCUT2D eigenvalue weighted by atomic mass is 10.3. The number of nitrogens with one attached hydrogen (secondary N) is 1. The first-order valence-corrected chi connectivity index (χ1v) is 7.17. The Bertz CT molecular complexity index is 752. The zero-order valence-corrected chi connectivity index (χ0v) is 13.5. The van der Waals surface area contributed by atoms with Crippen LogP contribution in [-0.4, -0.2) is 17.1 Å². The summed E-state index contributed by atoms with van der Waals surface area (Å²) in [5.41, 5.74) is 0.837. The van der Waals surface area contributed by atoms with E-state index in [0.29, 0.717) is 21.4 Å². The summed E-state index contributed by atoms with van der Waals surface area (Å²) in [4.78, 5) is 23.6. The highest BCUT2D eigenvalue weighted by molar-refractivity contribution is 6.35. The number of rotatable bonds is 4. The third kappa shape index (κ3) is 4.02. The van der Waals surface area contributed by atoms with Gasteiger partial charge in [0.15, 0.2) is 12.4 Å². The minimum Gasteiger partial charge on any atom is -0.478 e. The fraction of sp³-hybridized carbons (Fsp3) is 0.200. The predicted molar refractivity (Wildman–Crippen MR) is 87.0 cm³/mol. The maximum Gasteiger partial charge on any atom is 0.262 e. The van der Waals surface area contributed by atoms with E-state index in [-0.39, 0.29) is 17.8 Å². The minimum absolute atomic E-state index is 0.157. The van der Waals surface area contributed by atoms with E-state index >= 15 is 0 Å². The SMILES string of the molecule is Cc1c(OCC(=O)Nc2cc(Cl)cc(Cl)c2)c(=O)ccn1C. The van der Waals surface area contributed by atoms with Crippen molar-refractivity contribution in [1.29, 1.82) is 0 Å². The Kier molecular flexibility index (Phi) is 5.11. The van der Waals surface area contributed by atoms with E-state index in [1.165, 1.54) is 6.07 Å². The lowest BCUT2D eigenvalue weighted by Gasteiger charge is -2.11. The third-order valence-electron chi connectivity index (χ3n) is 3.02. The van der Waals surface area contributed by atoms with Gasteiger partial charge in [-0.2, -0.15) is 0 Å². The summed E-state index contributed by atoms with van der Waals surface area (Å²) < 4.78 is 7.07. The molecule has 0 bridgehead atoms. The molecular formula is C15H14Cl2N2O3. The van der Waals surface area contributed by atoms with Crippen LogP contribution in [0.15, 0.2) is 35.3 Å². The van der Waals surface area contributed by atoms with Crippen LogP contribution in [0.4, 0.5) is 5.69 Å². The van der Waals surface area contributed by atoms with Gasteiger partial charge in [-0.1, -0.05) is 23.2 Å². The Balaban J connectivity index is 2.05. The van der Waals surface area contributed by atoms with E-state index in [0.717, 1.165) is 0 Å². The molecule has 0 aliphatic heterocycles. The van der Waals surface area contributed by atoms with Crippen molar-refractivity contribution in [3.63, 3.8) is 0 Å². The van der Waals surface area contributed by atoms with Gasteiger partial charge in [0.25, 0.3) is 5.91 Å². The zero-order valence-electron chi connectivity index (χ0n) is 12.0. The zero-order chi connectivity index (χ0) is 16.3. The number of amides is 1. The van der Waals surface area contributed by atoms with Crippen molar-refractivity contribution in [3.8, 4) is 5.75 Å². The fourth-order valence-electron chi connectivity index (χ4n) is 1.84. The van der Waals surface area contributed by atoms with E-state index in [9.17, 15) is 9.59 Å². The van der Waals surface area contributed by atoms with Crippen molar-refractivity contribution >= 4 is 34.8 Å². The smallest absolute Gasteiger partial charge is 0.262 e. The molecule has 0 unspecified atom stereocenters. The van der Waals surface area contributed by atoms with E-state index in [2.05, 4.69) is 5.32 Å². The molecule has 7 heteroatoms. The second-order valence-corrected chi connectivity index (χ2v) is 5.57. The number of carbonyl (C=O) groups excluding carboxylic acids is 1. The Morgan fingerprint density at radius 2 is 1.91 bits per heavy atom. The third-order valence-corrected chi connectivity index (χ3v) is 3.46. The summed E-state index contributed by atoms with van der Waals surface area (Å²) in [6.45, 7) is 1.45. The molecule has 2 aromatic rings. The Morgan fingerprint density at radius 1 is 1.27 bits per heavy atom. The van der Waals surface area contributed by atoms with Crippen molar-refractivity contribution in [3.05, 3.63) is 56.4 Å². The van der Waals surface area contributed by atoms with Crippen molar-refractivity contribution in [2.45, 2.75) is 6.92 Å². The molecule has 1 heterocycles. The maximum absolute atomic E-state index is 11.9. The van der Waals surface area contributed by atoms with Gasteiger partial charge in [-0.15, -0.1) is 0 Å². The van der Waals surface area contributed by atoms with Crippen LogP contribution >= 0.6 is 23.2 Å². The van der Waals surface area contributed by atoms with E-state index in [4.69, 9.17) is 27.9 Å². The lowest BCUT2D eigenvalue weighted by molar-refractivity contribution is -0.118. The molecule has 2 rings (SSSR count). The van der Waals surface area contributed by atoms with Gasteiger partial charge in [0, 0.05) is 35.0 Å². The average Bonchev–Trinajstić information content (AvgIpc) is 2.42. The monoisotopic (exact) mass is 340 g/mol. The molecule has 1 amide bonds. The highest BCUT2D eigenvalue weighted by Crippen LogP contribution is 2.22. The number of anilines is 1. The summed E-state index contributed by atoms with van der Waals surface area (Å²) in [7, 11) is 1.79. The number of benzene rings is 1. The van der Waals surface area contributed by atoms with Gasteiger partial charge in [0.1, 0.15) is 0 Å². The maximum atomic E-state index is 11.9. The second-order valence-electron chi connectivity index (χ2n) is 4.70. The van der Waals surface area contributed by atoms with Gasteiger partial charge < -0.3 is 14.6 Å². The van der Waals surface area contributed by atoms with Crippen LogP contribution < -0.4 is 15.5 Å². The standard InChI is InChI=1S/C15H14Cl2N2O3/c1-9-15(13(20)3-4-19(9)2)22-8-14(21)18-12-6-10(16)5-11(17)7-12/h3-7H,8H2,1-2H3,(H,18,21). The van der Waals surface area contributed by atoms with Crippen LogP contribution in [0.3, 0.4) is 0 Å². The number of aromatic nitrogens is 1. The first-order valence-electron chi connectivity index (χ1n) is 6.42. The summed E-state index contributed by atoms with van der Waals surface area (Å²) in [6.07, 6.45) is 1.64. The molecule has 5 nitrogen and oxygen atoms in total. The molecule has 0 saturated carbocycles. The molecule has 0 atom stereocenters. The normalized spacial score (nSPS) is 10.4. The Hall–Kier alpha value is -1.98. The number of ether oxygens (including phenoxy) is 1. The summed E-state index contributed by atoms with van der Waals surface area (Å²) >= 11 is 11.7. The van der Waals surface area contributed by atoms with E-state index in [1.54, 1.807) is 42.9 Å². The van der Waals surface area contributed by atoms with Crippen molar-refractivity contribution in [2.75, 3.05) is 11.9 Å². The van der Waals surface area contributed by atoms with Crippen LogP contribution in [0.25, 0.3) is 0 Å². The molecule has 22 heavy (non-hydrogen) atoms. The lowest BCUT2D eigenvalue weighted by Crippen LogP contribution is -2.23. The van der Waals surface area contributed by atoms with Crippen molar-refractivity contribution in [1.82, 2.24) is 4.57 Å². The van der Waals surface area contributed by atoms with Crippen LogP contribution in [-0.2, 0) is 11.8 Å². The van der Waals surface area contributed by atoms with Crippen molar-refractivity contribution in [2.24, 2.45) is 7.05 Å². The summed E-state index contributed by atoms with van der Waals surface area (Å²) in [5, 5.41) is 3.43. The summed E-state index contributed by atoms with van der Waals surface area (Å²) in [5.74, 6) is -0.257. The largest absolute Gasteiger partial charge is 0.478 e. The van der Waals surface area contributed by atoms with Gasteiger partial charge in [0.2, 0.25) is 5.43 Å². The first-order chi connectivity index (χ1) is 10.4. The van der Waals surface area contributed by atoms with Crippen molar-refractivity contribution < 1.29 is 9.53 Å². The van der Waals surface area contributed by atoms with Gasteiger partial charge in [-0.3, -0.25) is 9.59 Å². The van der Waals surface area contributed by atoms with Gasteiger partial charge >= 0.3 is 0 Å². The fourth-order valence-corrected chi connectivity index (χ4v) is 2.37. The minimum atomic E-state index is -0.413. The molecule has 0 fully saturated rings. The van der Waals surface area contributed by atoms with Gasteiger partial charge in [-0.25, -0.2) is 0 Å². The highest BCUT2D eigenvalue weighted by Gasteiger charge is 2.10. The topological polar surface area (TPSA) is 60.3 Å². The Morgan fingerprint density at radius 3 is 2.55 bits per heavy atom. The van der Waals surface area contributed by atoms with Crippen LogP contribution in [0.5, 0.6) is 5.75 Å². The molecule has 0 spiro atoms. The molecule has 0 radical (unpaired) electrons. The average molecular weight is 341 g/mol. The summed E-state index contributed by atoms with van der Waals surface area (Å²) in [6, 6.07) is 6.08. The molecule has 1 N–H and O–H groups in total. The molecule has 1 aromatic carbocycles. The number of hydrogen-bond donors (Lipinski definition) is 1. The van der Waals surface area contributed by atoms with Gasteiger partial charge in [-0.05, 0) is 25.1 Å². The molecule has 0 saturated heterocycles. The number of hydrogen-bond acceptors (Lipinski definition) is 3. The van der Waals surface area contributed by atoms with Crippen LogP contribution in [0, 0.1) is 6.92 Å². The highest BCUT2D eigenvalue weighted by atomic mass is 35.5. The number of nitrogens with zero attached hydrogens (tertiary/aromatic N) is 1. The molecule has 116 valence electrons. The molecule has 0 aliphatic rings. The Labute approximate surface area is 137 Å². The molecular weight excluding hydrogens is 327 g/mol. The van der Waals surface area contributed by atoms with Crippen LogP contribution in [0.1, 0.15) is 5.69 Å².